The molecule has 0 radical (unpaired) electrons. The minimum absolute atomic E-state index is 0.0291. The molecule has 4 unspecified atom stereocenters. The molecule has 4 aliphatic heterocycles. The lowest BCUT2D eigenvalue weighted by Crippen LogP contribution is -2.45. The first kappa shape index (κ1) is 41.4. The monoisotopic (exact) mass is 798 g/mol. The molecule has 2 saturated carbocycles. The van der Waals surface area contributed by atoms with Gasteiger partial charge in [-0.15, -0.1) is 0 Å². The van der Waals surface area contributed by atoms with Gasteiger partial charge < -0.3 is 46.7 Å². The molecule has 304 valence electrons. The normalized spacial score (nSPS) is 29.4. The van der Waals surface area contributed by atoms with Crippen LogP contribution >= 0.6 is 21.6 Å². The molecule has 1 aromatic rings. The number of ether oxygens (including phenoxy) is 2. The number of dihydropyridines is 1. The molecule has 6 bridgehead atoms. The summed E-state index contributed by atoms with van der Waals surface area (Å²) in [5.74, 6) is 2.98. The van der Waals surface area contributed by atoms with Gasteiger partial charge in [-0.3, -0.25) is 9.59 Å². The highest BCUT2D eigenvalue weighted by Crippen LogP contribution is 2.45. The van der Waals surface area contributed by atoms with E-state index in [9.17, 15) is 19.8 Å². The first-order valence-electron chi connectivity index (χ1n) is 20.4. The van der Waals surface area contributed by atoms with Gasteiger partial charge in [-0.2, -0.15) is 0 Å². The number of rotatable bonds is 5. The van der Waals surface area contributed by atoms with Gasteiger partial charge in [0, 0.05) is 62.7 Å². The fourth-order valence-corrected chi connectivity index (χ4v) is 11.1. The number of nitrogens with two attached hydrogens (primary N) is 2. The first-order chi connectivity index (χ1) is 26.5. The quantitative estimate of drug-likeness (QED) is 0.157. The molecule has 14 heteroatoms. The van der Waals surface area contributed by atoms with Crippen molar-refractivity contribution in [1.29, 1.82) is 0 Å². The molecule has 2 aliphatic carbocycles. The Morgan fingerprint density at radius 3 is 2.65 bits per heavy atom. The van der Waals surface area contributed by atoms with Crippen LogP contribution in [0.5, 0.6) is 11.5 Å². The number of phenolic OH excluding ortho intramolecular Hbond substituents is 1. The highest BCUT2D eigenvalue weighted by atomic mass is 33.1. The number of nitrogens with zero attached hydrogens (tertiary/aromatic N) is 2. The third-order valence-electron chi connectivity index (χ3n) is 12.1. The molecule has 6 aliphatic rings. The van der Waals surface area contributed by atoms with Gasteiger partial charge in [0.25, 0.3) is 0 Å². The van der Waals surface area contributed by atoms with Crippen LogP contribution in [-0.2, 0) is 27.3 Å². The third kappa shape index (κ3) is 11.7. The van der Waals surface area contributed by atoms with Crippen molar-refractivity contribution in [1.82, 2.24) is 15.5 Å². The standard InChI is InChI=1S/C41H62N6O6S2/c1-28(48)53-41-13-10-29-19-32(38(51)35(20-29)52-33-8-4-5-9-33)25-47-26-40(24-37(47)50,22-30-12-16-44-36(42)21-30)15-17-45-39(43)46-27-55-54-18-6-2-3-7-31(11-14-41)34(49)23-41/h12,19-21,31,33-34,44,49,51H,2-11,13-18,22-27,42H2,1H3,(H3,43,45,46). The van der Waals surface area contributed by atoms with Gasteiger partial charge in [0.2, 0.25) is 5.91 Å². The molecule has 0 aromatic heterocycles. The number of amides is 1. The van der Waals surface area contributed by atoms with Gasteiger partial charge in [0.15, 0.2) is 17.5 Å². The maximum atomic E-state index is 13.9. The summed E-state index contributed by atoms with van der Waals surface area (Å²) < 4.78 is 12.5. The molecule has 12 nitrogen and oxygen atoms in total. The van der Waals surface area contributed by atoms with Crippen molar-refractivity contribution in [3.05, 3.63) is 46.8 Å². The van der Waals surface area contributed by atoms with Crippen LogP contribution in [0.1, 0.15) is 114 Å². The number of esters is 1. The Morgan fingerprint density at radius 1 is 1.05 bits per heavy atom. The summed E-state index contributed by atoms with van der Waals surface area (Å²) in [7, 11) is 3.49. The number of phenols is 1. The Labute approximate surface area is 334 Å². The van der Waals surface area contributed by atoms with Crippen LogP contribution in [0.4, 0.5) is 0 Å². The zero-order valence-electron chi connectivity index (χ0n) is 32.5. The maximum Gasteiger partial charge on any atom is 0.303 e. The number of aliphatic hydroxyl groups excluding tert-OH is 1. The summed E-state index contributed by atoms with van der Waals surface area (Å²) in [5, 5.41) is 29.5. The zero-order chi connectivity index (χ0) is 38.8. The lowest BCUT2D eigenvalue weighted by molar-refractivity contribution is -0.168. The van der Waals surface area contributed by atoms with E-state index in [2.05, 4.69) is 21.7 Å². The number of aliphatic imine (C=N–C) groups is 1. The number of aliphatic hydroxyl groups is 1. The Kier molecular flexibility index (Phi) is 14.5. The summed E-state index contributed by atoms with van der Waals surface area (Å²) in [6.45, 7) is 3.40. The van der Waals surface area contributed by atoms with Crippen molar-refractivity contribution in [2.24, 2.45) is 27.8 Å². The molecule has 8 N–H and O–H groups in total. The zero-order valence-corrected chi connectivity index (χ0v) is 34.1. The van der Waals surface area contributed by atoms with Crippen LogP contribution in [0.2, 0.25) is 0 Å². The number of aromatic hydroxyl groups is 1. The second kappa shape index (κ2) is 19.3. The van der Waals surface area contributed by atoms with Gasteiger partial charge in [-0.25, -0.2) is 4.99 Å². The fourth-order valence-electron chi connectivity index (χ4n) is 9.26. The average Bonchev–Trinajstić information content (AvgIpc) is 3.75. The van der Waals surface area contributed by atoms with Crippen LogP contribution in [0.3, 0.4) is 0 Å². The highest BCUT2D eigenvalue weighted by Gasteiger charge is 2.44. The van der Waals surface area contributed by atoms with E-state index in [1.165, 1.54) is 6.92 Å². The van der Waals surface area contributed by atoms with Crippen molar-refractivity contribution in [2.75, 3.05) is 31.3 Å². The lowest BCUT2D eigenvalue weighted by atomic mass is 9.72. The Balaban J connectivity index is 1.28. The van der Waals surface area contributed by atoms with Gasteiger partial charge in [0.1, 0.15) is 5.60 Å². The second-order valence-electron chi connectivity index (χ2n) is 16.5. The van der Waals surface area contributed by atoms with Crippen molar-refractivity contribution in [2.45, 2.75) is 134 Å². The van der Waals surface area contributed by atoms with E-state index in [1.807, 2.05) is 23.1 Å². The minimum Gasteiger partial charge on any atom is -0.504 e. The van der Waals surface area contributed by atoms with Crippen molar-refractivity contribution >= 4 is 39.4 Å². The van der Waals surface area contributed by atoms with Crippen LogP contribution in [-0.4, -0.2) is 82.0 Å². The number of allylic oxidation sites excluding steroid dienone is 2. The largest absolute Gasteiger partial charge is 0.504 e. The topological polar surface area (TPSA) is 185 Å². The molecule has 3 fully saturated rings. The summed E-state index contributed by atoms with van der Waals surface area (Å²) >= 11 is 0. The van der Waals surface area contributed by atoms with E-state index in [4.69, 9.17) is 20.9 Å². The average molecular weight is 799 g/mol. The van der Waals surface area contributed by atoms with E-state index >= 15 is 0 Å². The Bertz CT molecular complexity index is 1600. The van der Waals surface area contributed by atoms with E-state index in [0.717, 1.165) is 74.7 Å². The third-order valence-corrected chi connectivity index (χ3v) is 14.3. The molecular formula is C41H62N6O6S2. The fraction of sp³-hybridized carbons (Fsp3) is 0.683. The molecule has 1 saturated heterocycles. The van der Waals surface area contributed by atoms with E-state index in [-0.39, 0.29) is 41.6 Å². The number of fused-ring (bicyclic) bond motifs is 14. The number of hydrogen-bond donors (Lipinski definition) is 6. The summed E-state index contributed by atoms with van der Waals surface area (Å²) in [6.07, 6.45) is 16.6. The molecule has 55 heavy (non-hydrogen) atoms. The van der Waals surface area contributed by atoms with Crippen LogP contribution in [0.15, 0.2) is 40.7 Å². The van der Waals surface area contributed by atoms with E-state index in [1.54, 1.807) is 21.6 Å². The van der Waals surface area contributed by atoms with E-state index < -0.39 is 11.7 Å². The smallest absolute Gasteiger partial charge is 0.303 e. The van der Waals surface area contributed by atoms with Crippen molar-refractivity contribution < 1.29 is 29.3 Å². The molecular weight excluding hydrogens is 737 g/mol. The first-order valence-corrected chi connectivity index (χ1v) is 22.8. The molecule has 1 amide bonds. The highest BCUT2D eigenvalue weighted by molar-refractivity contribution is 8.76. The number of nitrogens with one attached hydrogen (secondary N) is 2. The number of hydrogen-bond acceptors (Lipinski definition) is 13. The minimum atomic E-state index is -0.767. The Hall–Kier alpha value is -3.23. The Morgan fingerprint density at radius 2 is 1.87 bits per heavy atom. The molecule has 1 aromatic carbocycles. The predicted octanol–water partition coefficient (Wildman–Crippen LogP) is 5.75. The SMILES string of the molecule is CC(=O)OC12CCc3cc(c(O)c(OC4CCCC4)c3)CN3CC(CC4=CCNC(N)=C4)(CCNC(N)=NCSSCCCCCC(CC1)C(O)C2)CC3=O. The van der Waals surface area contributed by atoms with Gasteiger partial charge >= 0.3 is 5.97 Å². The number of carbonyl (C=O) groups excluding carboxylic acids is 2. The summed E-state index contributed by atoms with van der Waals surface area (Å²) in [4.78, 5) is 32.8. The molecule has 4 atom stereocenters. The second-order valence-corrected chi connectivity index (χ2v) is 19.0. The van der Waals surface area contributed by atoms with Crippen LogP contribution in [0.25, 0.3) is 0 Å². The number of carbonyl (C=O) groups is 2. The van der Waals surface area contributed by atoms with Crippen LogP contribution < -0.4 is 26.8 Å². The predicted molar refractivity (Wildman–Crippen MR) is 220 cm³/mol. The van der Waals surface area contributed by atoms with Crippen molar-refractivity contribution in [3.63, 3.8) is 0 Å². The van der Waals surface area contributed by atoms with E-state index in [0.29, 0.717) is 93.6 Å². The molecule has 4 heterocycles. The lowest BCUT2D eigenvalue weighted by Gasteiger charge is -2.42. The number of aryl methyl sites for hydroxylation is 1. The van der Waals surface area contributed by atoms with Crippen LogP contribution in [0, 0.1) is 11.3 Å². The summed E-state index contributed by atoms with van der Waals surface area (Å²) in [6, 6.07) is 3.89. The number of guanidine groups is 1. The van der Waals surface area contributed by atoms with Gasteiger partial charge in [-0.1, -0.05) is 46.6 Å². The molecule has 0 spiro atoms. The van der Waals surface area contributed by atoms with Gasteiger partial charge in [-0.05, 0) is 106 Å². The van der Waals surface area contributed by atoms with Crippen molar-refractivity contribution in [3.8, 4) is 11.5 Å². The maximum absolute atomic E-state index is 13.9. The van der Waals surface area contributed by atoms with Gasteiger partial charge in [0.05, 0.1) is 23.9 Å². The molecule has 7 rings (SSSR count). The summed E-state index contributed by atoms with van der Waals surface area (Å²) in [5.41, 5.74) is 14.0. The number of benzene rings is 1.